The number of alkyl halides is 3. The van der Waals surface area contributed by atoms with Gasteiger partial charge in [-0.25, -0.2) is 9.67 Å². The lowest BCUT2D eigenvalue weighted by Crippen LogP contribution is -2.23. The number of Topliss-reactive ketones (excluding diaryl/α,β-unsaturated/α-hetero) is 1. The van der Waals surface area contributed by atoms with Gasteiger partial charge < -0.3 is 9.47 Å². The van der Waals surface area contributed by atoms with Crippen molar-refractivity contribution in [3.8, 4) is 5.75 Å². The minimum atomic E-state index is -4.46. The molecular weight excluding hydrogens is 399 g/mol. The Morgan fingerprint density at radius 2 is 1.73 bits per heavy atom. The first-order valence-corrected chi connectivity index (χ1v) is 9.26. The van der Waals surface area contributed by atoms with E-state index in [0.29, 0.717) is 13.2 Å². The summed E-state index contributed by atoms with van der Waals surface area (Å²) in [6, 6.07) is 12.7. The zero-order valence-corrected chi connectivity index (χ0v) is 16.0. The summed E-state index contributed by atoms with van der Waals surface area (Å²) in [6.45, 7) is 0.924. The van der Waals surface area contributed by atoms with Crippen LogP contribution in [0.3, 0.4) is 0 Å². The summed E-state index contributed by atoms with van der Waals surface area (Å²) in [5, 5.41) is 4.00. The molecule has 0 fully saturated rings. The van der Waals surface area contributed by atoms with Crippen LogP contribution in [0.1, 0.15) is 28.4 Å². The first-order valence-electron chi connectivity index (χ1n) is 9.26. The van der Waals surface area contributed by atoms with Gasteiger partial charge in [0, 0.05) is 18.6 Å². The number of nitrogens with zero attached hydrogens (tertiary/aromatic N) is 3. The van der Waals surface area contributed by atoms with Gasteiger partial charge in [0.1, 0.15) is 31.1 Å². The summed E-state index contributed by atoms with van der Waals surface area (Å²) in [6.07, 6.45) is -1.48. The van der Waals surface area contributed by atoms with E-state index in [-0.39, 0.29) is 24.4 Å². The second kappa shape index (κ2) is 10.0. The van der Waals surface area contributed by atoms with Gasteiger partial charge in [0.2, 0.25) is 0 Å². The summed E-state index contributed by atoms with van der Waals surface area (Å²) in [5.74, 6) is 0.373. The van der Waals surface area contributed by atoms with Crippen LogP contribution >= 0.6 is 0 Å². The third-order valence-electron chi connectivity index (χ3n) is 4.33. The van der Waals surface area contributed by atoms with Crippen LogP contribution < -0.4 is 4.74 Å². The van der Waals surface area contributed by atoms with Gasteiger partial charge in [-0.2, -0.15) is 18.3 Å². The predicted molar refractivity (Wildman–Crippen MR) is 102 cm³/mol. The topological polar surface area (TPSA) is 66.2 Å². The molecule has 1 unspecified atom stereocenters. The first kappa shape index (κ1) is 21.5. The second-order valence-corrected chi connectivity index (χ2v) is 6.39. The molecule has 30 heavy (non-hydrogen) atoms. The molecule has 0 aliphatic heterocycles. The quantitative estimate of drug-likeness (QED) is 0.364. The normalized spacial score (nSPS) is 12.5. The zero-order valence-electron chi connectivity index (χ0n) is 16.0. The number of hydrogen-bond donors (Lipinski definition) is 0. The molecule has 6 nitrogen and oxygen atoms in total. The third kappa shape index (κ3) is 5.90. The van der Waals surface area contributed by atoms with Crippen molar-refractivity contribution in [3.63, 3.8) is 0 Å². The van der Waals surface area contributed by atoms with E-state index in [0.717, 1.165) is 17.9 Å². The van der Waals surface area contributed by atoms with Crippen molar-refractivity contribution in [2.75, 3.05) is 19.8 Å². The summed E-state index contributed by atoms with van der Waals surface area (Å²) in [5.41, 5.74) is -0.644. The largest absolute Gasteiger partial charge is 0.491 e. The Kier molecular flexibility index (Phi) is 7.18. The number of aromatic nitrogens is 3. The van der Waals surface area contributed by atoms with Crippen molar-refractivity contribution in [3.05, 3.63) is 78.4 Å². The predicted octanol–water partition coefficient (Wildman–Crippen LogP) is 4.21. The lowest BCUT2D eigenvalue weighted by atomic mass is 10.0. The molecule has 0 saturated heterocycles. The molecule has 0 N–H and O–H groups in total. The number of para-hydroxylation sites is 1. The Bertz CT molecular complexity index is 914. The average molecular weight is 419 g/mol. The van der Waals surface area contributed by atoms with Gasteiger partial charge in [-0.15, -0.1) is 0 Å². The average Bonchev–Trinajstić information content (AvgIpc) is 3.27. The smallest absolute Gasteiger partial charge is 0.416 e. The summed E-state index contributed by atoms with van der Waals surface area (Å²) in [4.78, 5) is 16.7. The Labute approximate surface area is 171 Å². The van der Waals surface area contributed by atoms with Crippen LogP contribution in [0.5, 0.6) is 5.75 Å². The number of ketones is 1. The van der Waals surface area contributed by atoms with Crippen molar-refractivity contribution in [1.29, 1.82) is 0 Å². The molecule has 0 amide bonds. The maximum absolute atomic E-state index is 12.9. The van der Waals surface area contributed by atoms with E-state index >= 15 is 0 Å². The molecule has 3 aromatic rings. The van der Waals surface area contributed by atoms with E-state index in [9.17, 15) is 18.0 Å². The highest BCUT2D eigenvalue weighted by Gasteiger charge is 2.31. The van der Waals surface area contributed by atoms with E-state index in [1.807, 2.05) is 30.3 Å². The van der Waals surface area contributed by atoms with E-state index in [4.69, 9.17) is 9.47 Å². The third-order valence-corrected chi connectivity index (χ3v) is 4.33. The first-order chi connectivity index (χ1) is 14.4. The second-order valence-electron chi connectivity index (χ2n) is 6.39. The maximum atomic E-state index is 12.9. The van der Waals surface area contributed by atoms with Crippen LogP contribution in [0.15, 0.2) is 67.3 Å². The fraction of sp³-hybridized carbons (Fsp3) is 0.286. The van der Waals surface area contributed by atoms with Crippen LogP contribution in [0.4, 0.5) is 13.2 Å². The van der Waals surface area contributed by atoms with E-state index in [1.54, 1.807) is 0 Å². The van der Waals surface area contributed by atoms with Crippen molar-refractivity contribution in [2.24, 2.45) is 0 Å². The van der Waals surface area contributed by atoms with Crippen LogP contribution in [0, 0.1) is 0 Å². The van der Waals surface area contributed by atoms with E-state index < -0.39 is 17.8 Å². The van der Waals surface area contributed by atoms with Gasteiger partial charge in [0.25, 0.3) is 0 Å². The van der Waals surface area contributed by atoms with Gasteiger partial charge in [0.05, 0.1) is 12.2 Å². The molecule has 1 atom stereocenters. The van der Waals surface area contributed by atoms with Crippen molar-refractivity contribution >= 4 is 5.78 Å². The van der Waals surface area contributed by atoms with Gasteiger partial charge in [0.15, 0.2) is 5.78 Å². The molecule has 0 bridgehead atoms. The summed E-state index contributed by atoms with van der Waals surface area (Å²) in [7, 11) is 0. The highest BCUT2D eigenvalue weighted by molar-refractivity contribution is 5.99. The maximum Gasteiger partial charge on any atom is 0.416 e. The number of carbonyl (C=O) groups excluding carboxylic acids is 1. The molecule has 0 aliphatic carbocycles. The van der Waals surface area contributed by atoms with Gasteiger partial charge in [-0.05, 0) is 24.3 Å². The molecule has 1 heterocycles. The zero-order chi connectivity index (χ0) is 21.4. The van der Waals surface area contributed by atoms with E-state index in [1.165, 1.54) is 29.5 Å². The monoisotopic (exact) mass is 419 g/mol. The van der Waals surface area contributed by atoms with Crippen molar-refractivity contribution in [1.82, 2.24) is 14.8 Å². The van der Waals surface area contributed by atoms with E-state index in [2.05, 4.69) is 10.1 Å². The number of carbonyl (C=O) groups is 1. The summed E-state index contributed by atoms with van der Waals surface area (Å²) < 4.78 is 50.7. The molecule has 3 rings (SSSR count). The van der Waals surface area contributed by atoms with Crippen molar-refractivity contribution in [2.45, 2.75) is 18.6 Å². The highest BCUT2D eigenvalue weighted by atomic mass is 19.4. The number of benzene rings is 2. The highest BCUT2D eigenvalue weighted by Crippen LogP contribution is 2.29. The van der Waals surface area contributed by atoms with Gasteiger partial charge in [-0.3, -0.25) is 4.79 Å². The summed E-state index contributed by atoms with van der Waals surface area (Å²) >= 11 is 0. The molecule has 1 aromatic heterocycles. The van der Waals surface area contributed by atoms with Gasteiger partial charge in [-0.1, -0.05) is 30.3 Å². The fourth-order valence-electron chi connectivity index (χ4n) is 2.81. The molecule has 9 heteroatoms. The lowest BCUT2D eigenvalue weighted by Gasteiger charge is -2.17. The minimum Gasteiger partial charge on any atom is -0.491 e. The Balaban J connectivity index is 1.55. The Hall–Kier alpha value is -3.20. The van der Waals surface area contributed by atoms with Crippen molar-refractivity contribution < 1.29 is 27.4 Å². The molecular formula is C21H20F3N3O3. The number of halogens is 3. The molecule has 0 radical (unpaired) electrons. The fourth-order valence-corrected chi connectivity index (χ4v) is 2.81. The molecule has 2 aromatic carbocycles. The number of hydrogen-bond acceptors (Lipinski definition) is 5. The molecule has 0 spiro atoms. The Morgan fingerprint density at radius 1 is 1.00 bits per heavy atom. The minimum absolute atomic E-state index is 0.163. The van der Waals surface area contributed by atoms with Crippen LogP contribution in [0.2, 0.25) is 0 Å². The SMILES string of the molecule is O=C(c1ccc(C(F)(F)F)cc1)C(CCOCCOc1ccccc1)n1cncn1. The lowest BCUT2D eigenvalue weighted by molar-refractivity contribution is -0.137. The Morgan fingerprint density at radius 3 is 2.37 bits per heavy atom. The molecule has 0 aliphatic rings. The standard InChI is InChI=1S/C21H20F3N3O3/c22-21(23,24)17-8-6-16(7-9-17)20(28)19(27-15-25-14-26-27)10-11-29-12-13-30-18-4-2-1-3-5-18/h1-9,14-15,19H,10-13H2. The van der Waals surface area contributed by atoms with Gasteiger partial charge >= 0.3 is 6.18 Å². The molecule has 0 saturated carbocycles. The molecule has 158 valence electrons. The van der Waals surface area contributed by atoms with Crippen LogP contribution in [-0.4, -0.2) is 40.4 Å². The number of ether oxygens (including phenoxy) is 2. The number of rotatable bonds is 10. The van der Waals surface area contributed by atoms with Crippen LogP contribution in [-0.2, 0) is 10.9 Å². The van der Waals surface area contributed by atoms with Crippen LogP contribution in [0.25, 0.3) is 0 Å².